The number of hydrogen-bond acceptors (Lipinski definition) is 4. The first kappa shape index (κ1) is 18.1. The Balaban J connectivity index is 1.42. The maximum atomic E-state index is 13.0. The normalized spacial score (nSPS) is 16.6. The van der Waals surface area contributed by atoms with Crippen LogP contribution in [0.3, 0.4) is 0 Å². The molecule has 28 heavy (non-hydrogen) atoms. The zero-order valence-electron chi connectivity index (χ0n) is 15.4. The lowest BCUT2D eigenvalue weighted by atomic mass is 9.97. The summed E-state index contributed by atoms with van der Waals surface area (Å²) in [5, 5.41) is 11.6. The average molecular weight is 376 g/mol. The fraction of sp³-hybridized carbons (Fsp3) is 0.227. The van der Waals surface area contributed by atoms with Crippen LogP contribution in [0.25, 0.3) is 11.3 Å². The lowest BCUT2D eigenvalue weighted by molar-refractivity contribution is -0.120. The third-order valence-corrected chi connectivity index (χ3v) is 4.95. The van der Waals surface area contributed by atoms with Gasteiger partial charge in [-0.25, -0.2) is 4.39 Å². The van der Waals surface area contributed by atoms with Crippen molar-refractivity contribution in [3.05, 3.63) is 72.5 Å². The molecule has 1 aliphatic rings. The minimum atomic E-state index is -0.320. The molecular formula is C22H21FN4O. The summed E-state index contributed by atoms with van der Waals surface area (Å²) in [5.41, 5.74) is 2.46. The fourth-order valence-corrected chi connectivity index (χ4v) is 3.43. The summed E-state index contributed by atoms with van der Waals surface area (Å²) in [7, 11) is 0. The number of rotatable bonds is 4. The van der Waals surface area contributed by atoms with Gasteiger partial charge in [-0.3, -0.25) is 4.79 Å². The Morgan fingerprint density at radius 2 is 1.79 bits per heavy atom. The molecule has 1 atom stereocenters. The summed E-state index contributed by atoms with van der Waals surface area (Å²) < 4.78 is 13.0. The van der Waals surface area contributed by atoms with Crippen molar-refractivity contribution in [1.29, 1.82) is 0 Å². The minimum absolute atomic E-state index is 0.0508. The van der Waals surface area contributed by atoms with Crippen LogP contribution in [0.5, 0.6) is 0 Å². The molecule has 6 heteroatoms. The number of carbonyl (C=O) groups is 1. The molecule has 1 aromatic heterocycles. The van der Waals surface area contributed by atoms with Crippen LogP contribution in [0.4, 0.5) is 15.9 Å². The maximum absolute atomic E-state index is 13.0. The zero-order valence-corrected chi connectivity index (χ0v) is 15.4. The van der Waals surface area contributed by atoms with Crippen LogP contribution in [0.15, 0.2) is 66.7 Å². The van der Waals surface area contributed by atoms with Crippen molar-refractivity contribution in [3.8, 4) is 11.3 Å². The molecule has 0 bridgehead atoms. The first-order valence-corrected chi connectivity index (χ1v) is 9.39. The second-order valence-corrected chi connectivity index (χ2v) is 6.92. The van der Waals surface area contributed by atoms with E-state index < -0.39 is 0 Å². The third-order valence-electron chi connectivity index (χ3n) is 4.95. The van der Waals surface area contributed by atoms with Gasteiger partial charge in [0, 0.05) is 24.3 Å². The van der Waals surface area contributed by atoms with Crippen molar-refractivity contribution in [2.75, 3.05) is 23.3 Å². The number of nitrogens with zero attached hydrogens (tertiary/aromatic N) is 3. The highest BCUT2D eigenvalue weighted by molar-refractivity contribution is 5.93. The average Bonchev–Trinajstić information content (AvgIpc) is 2.76. The summed E-state index contributed by atoms with van der Waals surface area (Å²) in [6.45, 7) is 1.44. The molecule has 4 rings (SSSR count). The Hall–Kier alpha value is -3.28. The van der Waals surface area contributed by atoms with Crippen molar-refractivity contribution < 1.29 is 9.18 Å². The number of carbonyl (C=O) groups excluding carboxylic acids is 1. The first-order chi connectivity index (χ1) is 13.7. The van der Waals surface area contributed by atoms with Gasteiger partial charge in [0.05, 0.1) is 11.6 Å². The highest BCUT2D eigenvalue weighted by atomic mass is 19.1. The van der Waals surface area contributed by atoms with Gasteiger partial charge in [-0.1, -0.05) is 30.3 Å². The van der Waals surface area contributed by atoms with E-state index in [0.29, 0.717) is 12.2 Å². The van der Waals surface area contributed by atoms with E-state index in [2.05, 4.69) is 20.4 Å². The molecule has 0 saturated carbocycles. The summed E-state index contributed by atoms with van der Waals surface area (Å²) in [5.74, 6) is 0.262. The van der Waals surface area contributed by atoms with E-state index in [1.807, 2.05) is 42.5 Å². The standard InChI is InChI=1S/C22H21FN4O/c23-18-8-10-19(11-9-18)24-22(28)17-7-4-14-27(15-17)21-13-12-20(25-26-21)16-5-2-1-3-6-16/h1-3,5-6,8-13,17H,4,7,14-15H2,(H,24,28). The molecule has 0 spiro atoms. The number of amides is 1. The van der Waals surface area contributed by atoms with Crippen LogP contribution in [0.2, 0.25) is 0 Å². The Bertz CT molecular complexity index is 929. The lowest BCUT2D eigenvalue weighted by Gasteiger charge is -2.32. The van der Waals surface area contributed by atoms with Crippen molar-refractivity contribution >= 4 is 17.4 Å². The second-order valence-electron chi connectivity index (χ2n) is 6.92. The predicted octanol–water partition coefficient (Wildman–Crippen LogP) is 4.14. The van der Waals surface area contributed by atoms with Crippen molar-refractivity contribution in [1.82, 2.24) is 10.2 Å². The first-order valence-electron chi connectivity index (χ1n) is 9.39. The van der Waals surface area contributed by atoms with E-state index in [-0.39, 0.29) is 17.6 Å². The van der Waals surface area contributed by atoms with Gasteiger partial charge >= 0.3 is 0 Å². The molecule has 0 radical (unpaired) electrons. The second kappa shape index (κ2) is 8.17. The van der Waals surface area contributed by atoms with Gasteiger partial charge in [0.1, 0.15) is 5.82 Å². The smallest absolute Gasteiger partial charge is 0.229 e. The molecule has 2 heterocycles. The lowest BCUT2D eigenvalue weighted by Crippen LogP contribution is -2.41. The molecule has 1 aliphatic heterocycles. The number of anilines is 2. The molecule has 1 unspecified atom stereocenters. The van der Waals surface area contributed by atoms with E-state index in [9.17, 15) is 9.18 Å². The molecule has 1 N–H and O–H groups in total. The maximum Gasteiger partial charge on any atom is 0.229 e. The van der Waals surface area contributed by atoms with Crippen molar-refractivity contribution in [3.63, 3.8) is 0 Å². The van der Waals surface area contributed by atoms with Crippen LogP contribution < -0.4 is 10.2 Å². The molecule has 1 saturated heterocycles. The van der Waals surface area contributed by atoms with Gasteiger partial charge in [-0.2, -0.15) is 0 Å². The van der Waals surface area contributed by atoms with E-state index in [1.165, 1.54) is 12.1 Å². The Morgan fingerprint density at radius 1 is 1.00 bits per heavy atom. The van der Waals surface area contributed by atoms with Crippen molar-refractivity contribution in [2.24, 2.45) is 5.92 Å². The van der Waals surface area contributed by atoms with Gasteiger partial charge in [0.15, 0.2) is 5.82 Å². The molecule has 1 amide bonds. The molecule has 5 nitrogen and oxygen atoms in total. The topological polar surface area (TPSA) is 58.1 Å². The number of halogens is 1. The molecule has 3 aromatic rings. The third kappa shape index (κ3) is 4.17. The van der Waals surface area contributed by atoms with E-state index in [4.69, 9.17) is 0 Å². The molecule has 1 fully saturated rings. The highest BCUT2D eigenvalue weighted by Crippen LogP contribution is 2.24. The monoisotopic (exact) mass is 376 g/mol. The van der Waals surface area contributed by atoms with Gasteiger partial charge in [0.2, 0.25) is 5.91 Å². The largest absolute Gasteiger partial charge is 0.354 e. The Morgan fingerprint density at radius 3 is 2.50 bits per heavy atom. The molecule has 2 aromatic carbocycles. The van der Waals surface area contributed by atoms with Crippen LogP contribution in [0.1, 0.15) is 12.8 Å². The molecule has 0 aliphatic carbocycles. The number of nitrogens with one attached hydrogen (secondary N) is 1. The fourth-order valence-electron chi connectivity index (χ4n) is 3.43. The Labute approximate surface area is 163 Å². The molecule has 142 valence electrons. The van der Waals surface area contributed by atoms with Gasteiger partial charge in [-0.05, 0) is 49.2 Å². The minimum Gasteiger partial charge on any atom is -0.354 e. The quantitative estimate of drug-likeness (QED) is 0.744. The zero-order chi connectivity index (χ0) is 19.3. The van der Waals surface area contributed by atoms with Gasteiger partial charge in [0.25, 0.3) is 0 Å². The van der Waals surface area contributed by atoms with Gasteiger partial charge < -0.3 is 10.2 Å². The van der Waals surface area contributed by atoms with E-state index in [0.717, 1.165) is 36.5 Å². The SMILES string of the molecule is O=C(Nc1ccc(F)cc1)C1CCCN(c2ccc(-c3ccccc3)nn2)C1. The number of benzene rings is 2. The number of hydrogen-bond donors (Lipinski definition) is 1. The summed E-state index contributed by atoms with van der Waals surface area (Å²) in [6, 6.07) is 19.6. The number of aromatic nitrogens is 2. The van der Waals surface area contributed by atoms with Crippen LogP contribution in [-0.4, -0.2) is 29.2 Å². The Kier molecular flexibility index (Phi) is 5.28. The van der Waals surface area contributed by atoms with Crippen LogP contribution in [0, 0.1) is 11.7 Å². The highest BCUT2D eigenvalue weighted by Gasteiger charge is 2.26. The van der Waals surface area contributed by atoms with Crippen molar-refractivity contribution in [2.45, 2.75) is 12.8 Å². The van der Waals surface area contributed by atoms with E-state index >= 15 is 0 Å². The van der Waals surface area contributed by atoms with Crippen LogP contribution >= 0.6 is 0 Å². The van der Waals surface area contributed by atoms with Crippen LogP contribution in [-0.2, 0) is 4.79 Å². The summed E-state index contributed by atoms with van der Waals surface area (Å²) >= 11 is 0. The van der Waals surface area contributed by atoms with Gasteiger partial charge in [-0.15, -0.1) is 10.2 Å². The number of piperidine rings is 1. The predicted molar refractivity (Wildman–Crippen MR) is 107 cm³/mol. The molecular weight excluding hydrogens is 355 g/mol. The summed E-state index contributed by atoms with van der Waals surface area (Å²) in [6.07, 6.45) is 1.72. The van der Waals surface area contributed by atoms with E-state index in [1.54, 1.807) is 12.1 Å². The summed E-state index contributed by atoms with van der Waals surface area (Å²) in [4.78, 5) is 14.7.